The number of rotatable bonds is 24. The summed E-state index contributed by atoms with van der Waals surface area (Å²) in [6, 6.07) is 0. The molecule has 0 radical (unpaired) electrons. The van der Waals surface area contributed by atoms with E-state index in [4.69, 9.17) is 10.2 Å². The van der Waals surface area contributed by atoms with Crippen LogP contribution in [0.3, 0.4) is 0 Å². The van der Waals surface area contributed by atoms with E-state index in [2.05, 4.69) is 13.8 Å². The van der Waals surface area contributed by atoms with Gasteiger partial charge < -0.3 is 10.2 Å². The number of hydrogen-bond donors (Lipinski definition) is 2. The molecule has 2 N–H and O–H groups in total. The van der Waals surface area contributed by atoms with Crippen molar-refractivity contribution < 1.29 is 39.3 Å². The molecule has 0 saturated heterocycles. The van der Waals surface area contributed by atoms with Crippen LogP contribution in [0.15, 0.2) is 0 Å². The Morgan fingerprint density at radius 1 is 0.412 bits per heavy atom. The fourth-order valence-electron chi connectivity index (χ4n) is 3.88. The third-order valence-corrected chi connectivity index (χ3v) is 5.99. The first-order valence-corrected chi connectivity index (χ1v) is 14.0. The maximum Gasteiger partial charge on any atom is 0.303 e. The van der Waals surface area contributed by atoms with Gasteiger partial charge in [0.1, 0.15) is 0 Å². The molecule has 0 aliphatic heterocycles. The molecule has 200 valence electrons. The van der Waals surface area contributed by atoms with Gasteiger partial charge in [0, 0.05) is 32.3 Å². The van der Waals surface area contributed by atoms with E-state index in [-0.39, 0.29) is 36.8 Å². The van der Waals surface area contributed by atoms with Crippen LogP contribution in [0.25, 0.3) is 0 Å². The fourth-order valence-corrected chi connectivity index (χ4v) is 3.88. The van der Waals surface area contributed by atoms with Gasteiger partial charge in [-0.3, -0.25) is 9.59 Å². The Morgan fingerprint density at radius 3 is 0.765 bits per heavy atom. The molecular formula is C28H59AlO4Zn. The summed E-state index contributed by atoms with van der Waals surface area (Å²) >= 11 is 0. The van der Waals surface area contributed by atoms with Crippen molar-refractivity contribution in [1.29, 1.82) is 0 Å². The molecule has 0 atom stereocenters. The molecule has 0 aliphatic carbocycles. The van der Waals surface area contributed by atoms with Gasteiger partial charge in [-0.2, -0.15) is 0 Å². The first-order chi connectivity index (χ1) is 15.5. The second-order valence-electron chi connectivity index (χ2n) is 9.36. The summed E-state index contributed by atoms with van der Waals surface area (Å²) in [6.45, 7) is 4.49. The van der Waals surface area contributed by atoms with E-state index >= 15 is 0 Å². The molecule has 4 nitrogen and oxygen atoms in total. The number of hydrogen-bond acceptors (Lipinski definition) is 2. The normalized spacial score (nSPS) is 9.94. The quantitative estimate of drug-likeness (QED) is 0.0933. The van der Waals surface area contributed by atoms with Gasteiger partial charge in [0.25, 0.3) is 0 Å². The van der Waals surface area contributed by atoms with Crippen LogP contribution < -0.4 is 0 Å². The third kappa shape index (κ3) is 45.6. The molecule has 0 aromatic carbocycles. The number of carboxylic acid groups (broad SMARTS) is 2. The van der Waals surface area contributed by atoms with Gasteiger partial charge in [0.15, 0.2) is 17.4 Å². The molecule has 6 heteroatoms. The Hall–Kier alpha value is 0.0958. The van der Waals surface area contributed by atoms with Gasteiger partial charge in [0.2, 0.25) is 0 Å². The number of aliphatic carboxylic acids is 2. The topological polar surface area (TPSA) is 74.6 Å². The van der Waals surface area contributed by atoms with Crippen molar-refractivity contribution in [3.8, 4) is 0 Å². The number of unbranched alkanes of at least 4 members (excludes halogenated alkanes) is 20. The van der Waals surface area contributed by atoms with E-state index in [9.17, 15) is 9.59 Å². The van der Waals surface area contributed by atoms with Crippen LogP contribution in [0.5, 0.6) is 0 Å². The molecule has 0 heterocycles. The van der Waals surface area contributed by atoms with Gasteiger partial charge in [-0.15, -0.1) is 0 Å². The average molecular weight is 552 g/mol. The van der Waals surface area contributed by atoms with Crippen LogP contribution in [-0.2, 0) is 29.1 Å². The van der Waals surface area contributed by atoms with Crippen LogP contribution >= 0.6 is 0 Å². The molecule has 0 aliphatic rings. The molecular weight excluding hydrogens is 493 g/mol. The minimum atomic E-state index is -0.657. The maximum absolute atomic E-state index is 10.3. The Morgan fingerprint density at radius 2 is 0.588 bits per heavy atom. The molecule has 0 aromatic heterocycles. The summed E-state index contributed by atoms with van der Waals surface area (Å²) in [5.74, 6) is -1.31. The number of carboxylic acids is 2. The Labute approximate surface area is 235 Å². The molecule has 0 spiro atoms. The predicted molar refractivity (Wildman–Crippen MR) is 147 cm³/mol. The van der Waals surface area contributed by atoms with Crippen molar-refractivity contribution in [3.05, 3.63) is 0 Å². The molecule has 34 heavy (non-hydrogen) atoms. The van der Waals surface area contributed by atoms with Gasteiger partial charge in [-0.25, -0.2) is 0 Å². The molecule has 0 rings (SSSR count). The molecule has 0 aromatic rings. The van der Waals surface area contributed by atoms with Crippen LogP contribution in [0.4, 0.5) is 0 Å². The van der Waals surface area contributed by atoms with Crippen molar-refractivity contribution >= 4 is 29.3 Å². The van der Waals surface area contributed by atoms with Crippen LogP contribution in [-0.4, -0.2) is 39.5 Å². The van der Waals surface area contributed by atoms with Gasteiger partial charge in [-0.1, -0.05) is 142 Å². The zero-order valence-electron chi connectivity index (χ0n) is 22.4. The molecule has 0 bridgehead atoms. The molecule has 0 unspecified atom stereocenters. The third-order valence-electron chi connectivity index (χ3n) is 5.99. The van der Waals surface area contributed by atoms with Crippen molar-refractivity contribution in [1.82, 2.24) is 0 Å². The zero-order chi connectivity index (χ0) is 24.1. The SMILES string of the molecule is CCCCCCCCCCCCCC(=O)O.CCCCCCCCCCCCCC(=O)O.[AlH3].[Zn]. The molecule has 0 saturated carbocycles. The smallest absolute Gasteiger partial charge is 0.303 e. The minimum Gasteiger partial charge on any atom is -0.481 e. The molecule has 0 fully saturated rings. The van der Waals surface area contributed by atoms with Crippen molar-refractivity contribution in [2.45, 2.75) is 168 Å². The second kappa shape index (κ2) is 37.6. The van der Waals surface area contributed by atoms with Crippen molar-refractivity contribution in [2.75, 3.05) is 0 Å². The fraction of sp³-hybridized carbons (Fsp3) is 0.929. The van der Waals surface area contributed by atoms with Crippen molar-refractivity contribution in [2.24, 2.45) is 0 Å². The summed E-state index contributed by atoms with van der Waals surface area (Å²) in [5, 5.41) is 16.9. The summed E-state index contributed by atoms with van der Waals surface area (Å²) in [6.07, 6.45) is 28.7. The van der Waals surface area contributed by atoms with Gasteiger partial charge >= 0.3 is 11.9 Å². The van der Waals surface area contributed by atoms with E-state index < -0.39 is 11.9 Å². The first kappa shape index (κ1) is 41.2. The summed E-state index contributed by atoms with van der Waals surface area (Å²) < 4.78 is 0. The Bertz CT molecular complexity index is 359. The standard InChI is InChI=1S/2C14H28O2.Al.Zn.3H/c2*1-2-3-4-5-6-7-8-9-10-11-12-13-14(15)16;;;;;/h2*2-13H2,1H3,(H,15,16);;;;;. The predicted octanol–water partition coefficient (Wildman–Crippen LogP) is 8.36. The van der Waals surface area contributed by atoms with Gasteiger partial charge in [-0.05, 0) is 12.8 Å². The van der Waals surface area contributed by atoms with Crippen LogP contribution in [0, 0.1) is 0 Å². The van der Waals surface area contributed by atoms with Gasteiger partial charge in [0.05, 0.1) is 0 Å². The maximum atomic E-state index is 10.3. The summed E-state index contributed by atoms with van der Waals surface area (Å²) in [7, 11) is 0. The van der Waals surface area contributed by atoms with E-state index in [1.54, 1.807) is 0 Å². The van der Waals surface area contributed by atoms with E-state index in [1.165, 1.54) is 116 Å². The Kier molecular flexibility index (Phi) is 45.6. The zero-order valence-corrected chi connectivity index (χ0v) is 25.4. The monoisotopic (exact) mass is 550 g/mol. The first-order valence-electron chi connectivity index (χ1n) is 14.0. The van der Waals surface area contributed by atoms with Crippen LogP contribution in [0.2, 0.25) is 0 Å². The Balaban J connectivity index is -0.000000250. The van der Waals surface area contributed by atoms with E-state index in [0.29, 0.717) is 12.8 Å². The summed E-state index contributed by atoms with van der Waals surface area (Å²) in [4.78, 5) is 20.5. The summed E-state index contributed by atoms with van der Waals surface area (Å²) in [5.41, 5.74) is 0. The second-order valence-corrected chi connectivity index (χ2v) is 9.36. The average Bonchev–Trinajstić information content (AvgIpc) is 2.76. The number of carbonyl (C=O) groups is 2. The van der Waals surface area contributed by atoms with Crippen molar-refractivity contribution in [3.63, 3.8) is 0 Å². The molecule has 0 amide bonds. The minimum absolute atomic E-state index is 0. The largest absolute Gasteiger partial charge is 0.481 e. The van der Waals surface area contributed by atoms with Crippen LogP contribution in [0.1, 0.15) is 168 Å². The van der Waals surface area contributed by atoms with E-state index in [1.807, 2.05) is 0 Å². The van der Waals surface area contributed by atoms with E-state index in [0.717, 1.165) is 25.7 Å².